The van der Waals surface area contributed by atoms with Gasteiger partial charge in [-0.3, -0.25) is 4.79 Å². The maximum absolute atomic E-state index is 11.1. The van der Waals surface area contributed by atoms with Crippen LogP contribution in [0.3, 0.4) is 0 Å². The number of aromatic nitrogens is 1. The summed E-state index contributed by atoms with van der Waals surface area (Å²) in [5.41, 5.74) is 1.25. The Kier molecular flexibility index (Phi) is 5.69. The normalized spacial score (nSPS) is 9.65. The second-order valence-corrected chi connectivity index (χ2v) is 3.35. The van der Waals surface area contributed by atoms with E-state index in [9.17, 15) is 4.79 Å². The molecule has 5 nitrogen and oxygen atoms in total. The second-order valence-electron chi connectivity index (χ2n) is 3.35. The SMILES string of the molecule is CCOC(=O)CCNCc1cccnc1C#N. The van der Waals surface area contributed by atoms with Crippen LogP contribution in [0.15, 0.2) is 18.3 Å². The van der Waals surface area contributed by atoms with Crippen LogP contribution in [0.1, 0.15) is 24.6 Å². The van der Waals surface area contributed by atoms with E-state index in [2.05, 4.69) is 10.3 Å². The molecule has 0 saturated carbocycles. The fourth-order valence-electron chi connectivity index (χ4n) is 1.33. The van der Waals surface area contributed by atoms with Crippen LogP contribution < -0.4 is 5.32 Å². The fraction of sp³-hybridized carbons (Fsp3) is 0.417. The number of hydrogen-bond donors (Lipinski definition) is 1. The third-order valence-corrected chi connectivity index (χ3v) is 2.12. The predicted molar refractivity (Wildman–Crippen MR) is 61.9 cm³/mol. The summed E-state index contributed by atoms with van der Waals surface area (Å²) in [7, 11) is 0. The summed E-state index contributed by atoms with van der Waals surface area (Å²) in [5.74, 6) is -0.216. The van der Waals surface area contributed by atoms with Crippen LogP contribution in [0.5, 0.6) is 0 Å². The van der Waals surface area contributed by atoms with Crippen molar-refractivity contribution in [3.8, 4) is 6.07 Å². The molecule has 0 spiro atoms. The zero-order chi connectivity index (χ0) is 12.5. The Morgan fingerprint density at radius 1 is 1.65 bits per heavy atom. The number of carbonyl (C=O) groups is 1. The molecule has 0 amide bonds. The van der Waals surface area contributed by atoms with Gasteiger partial charge in [-0.1, -0.05) is 6.07 Å². The largest absolute Gasteiger partial charge is 0.466 e. The first-order valence-electron chi connectivity index (χ1n) is 5.48. The number of nitriles is 1. The Labute approximate surface area is 100 Å². The molecule has 0 aliphatic rings. The monoisotopic (exact) mass is 233 g/mol. The minimum absolute atomic E-state index is 0.216. The van der Waals surface area contributed by atoms with Crippen molar-refractivity contribution in [2.45, 2.75) is 19.9 Å². The molecule has 1 heterocycles. The Morgan fingerprint density at radius 2 is 2.47 bits per heavy atom. The van der Waals surface area contributed by atoms with Gasteiger partial charge in [-0.25, -0.2) is 4.98 Å². The third kappa shape index (κ3) is 4.62. The highest BCUT2D eigenvalue weighted by atomic mass is 16.5. The number of ether oxygens (including phenoxy) is 1. The van der Waals surface area contributed by atoms with Crippen LogP contribution >= 0.6 is 0 Å². The number of nitrogens with zero attached hydrogens (tertiary/aromatic N) is 2. The van der Waals surface area contributed by atoms with Gasteiger partial charge in [-0.05, 0) is 13.0 Å². The molecule has 0 aliphatic carbocycles. The van der Waals surface area contributed by atoms with Crippen molar-refractivity contribution in [1.29, 1.82) is 5.26 Å². The van der Waals surface area contributed by atoms with E-state index in [1.165, 1.54) is 0 Å². The van der Waals surface area contributed by atoms with E-state index in [4.69, 9.17) is 10.00 Å². The van der Waals surface area contributed by atoms with Crippen molar-refractivity contribution >= 4 is 5.97 Å². The van der Waals surface area contributed by atoms with E-state index in [0.717, 1.165) is 5.56 Å². The van der Waals surface area contributed by atoms with E-state index in [1.54, 1.807) is 19.2 Å². The van der Waals surface area contributed by atoms with Crippen LogP contribution in [-0.2, 0) is 16.1 Å². The number of hydrogen-bond acceptors (Lipinski definition) is 5. The highest BCUT2D eigenvalue weighted by Crippen LogP contribution is 2.02. The Bertz CT molecular complexity index is 412. The van der Waals surface area contributed by atoms with Crippen LogP contribution in [0, 0.1) is 11.3 Å². The molecule has 1 rings (SSSR count). The van der Waals surface area contributed by atoms with Crippen molar-refractivity contribution in [2.24, 2.45) is 0 Å². The topological polar surface area (TPSA) is 75.0 Å². The van der Waals surface area contributed by atoms with Gasteiger partial charge in [-0.15, -0.1) is 0 Å². The van der Waals surface area contributed by atoms with Gasteiger partial charge in [0, 0.05) is 24.8 Å². The first-order valence-corrected chi connectivity index (χ1v) is 5.48. The molecule has 1 aromatic rings. The molecular formula is C12H15N3O2. The second kappa shape index (κ2) is 7.36. The molecular weight excluding hydrogens is 218 g/mol. The summed E-state index contributed by atoms with van der Waals surface area (Å²) in [6.07, 6.45) is 1.91. The highest BCUT2D eigenvalue weighted by Gasteiger charge is 2.03. The molecule has 1 N–H and O–H groups in total. The molecule has 0 bridgehead atoms. The summed E-state index contributed by atoms with van der Waals surface area (Å²) in [4.78, 5) is 15.0. The predicted octanol–water partition coefficient (Wildman–Crippen LogP) is 0.996. The van der Waals surface area contributed by atoms with E-state index >= 15 is 0 Å². The molecule has 0 aliphatic heterocycles. The molecule has 0 saturated heterocycles. The van der Waals surface area contributed by atoms with E-state index in [0.29, 0.717) is 31.8 Å². The first kappa shape index (κ1) is 13.1. The number of carbonyl (C=O) groups excluding carboxylic acids is 1. The maximum Gasteiger partial charge on any atom is 0.307 e. The van der Waals surface area contributed by atoms with Crippen molar-refractivity contribution in [1.82, 2.24) is 10.3 Å². The molecule has 5 heteroatoms. The van der Waals surface area contributed by atoms with Crippen molar-refractivity contribution in [3.63, 3.8) is 0 Å². The average molecular weight is 233 g/mol. The molecule has 0 fully saturated rings. The molecule has 0 aromatic carbocycles. The lowest BCUT2D eigenvalue weighted by Gasteiger charge is -2.05. The Morgan fingerprint density at radius 3 is 3.18 bits per heavy atom. The summed E-state index contributed by atoms with van der Waals surface area (Å²) in [6.45, 7) is 3.23. The fourth-order valence-corrected chi connectivity index (χ4v) is 1.33. The molecule has 90 valence electrons. The van der Waals surface area contributed by atoms with Gasteiger partial charge in [0.05, 0.1) is 13.0 Å². The zero-order valence-electron chi connectivity index (χ0n) is 9.77. The van der Waals surface area contributed by atoms with E-state index in [1.807, 2.05) is 12.1 Å². The first-order chi connectivity index (χ1) is 8.27. The summed E-state index contributed by atoms with van der Waals surface area (Å²) < 4.78 is 4.80. The molecule has 0 atom stereocenters. The third-order valence-electron chi connectivity index (χ3n) is 2.12. The van der Waals surface area contributed by atoms with Gasteiger partial charge in [0.1, 0.15) is 11.8 Å². The van der Waals surface area contributed by atoms with Crippen molar-refractivity contribution in [2.75, 3.05) is 13.2 Å². The molecule has 17 heavy (non-hydrogen) atoms. The minimum Gasteiger partial charge on any atom is -0.466 e. The van der Waals surface area contributed by atoms with Crippen molar-refractivity contribution < 1.29 is 9.53 Å². The van der Waals surface area contributed by atoms with Gasteiger partial charge in [0.2, 0.25) is 0 Å². The Hall–Kier alpha value is -1.93. The van der Waals surface area contributed by atoms with Crippen molar-refractivity contribution in [3.05, 3.63) is 29.6 Å². The van der Waals surface area contributed by atoms with Crippen LogP contribution in [0.2, 0.25) is 0 Å². The minimum atomic E-state index is -0.216. The number of esters is 1. The van der Waals surface area contributed by atoms with E-state index in [-0.39, 0.29) is 5.97 Å². The number of rotatable bonds is 6. The lowest BCUT2D eigenvalue weighted by molar-refractivity contribution is -0.142. The zero-order valence-corrected chi connectivity index (χ0v) is 9.77. The van der Waals surface area contributed by atoms with Gasteiger partial charge < -0.3 is 10.1 Å². The van der Waals surface area contributed by atoms with E-state index < -0.39 is 0 Å². The smallest absolute Gasteiger partial charge is 0.307 e. The molecule has 0 unspecified atom stereocenters. The number of pyridine rings is 1. The van der Waals surface area contributed by atoms with Crippen LogP contribution in [0.4, 0.5) is 0 Å². The highest BCUT2D eigenvalue weighted by molar-refractivity contribution is 5.69. The summed E-state index contributed by atoms with van der Waals surface area (Å²) in [5, 5.41) is 11.9. The quantitative estimate of drug-likeness (QED) is 0.586. The maximum atomic E-state index is 11.1. The number of nitrogens with one attached hydrogen (secondary N) is 1. The molecule has 1 aromatic heterocycles. The van der Waals surface area contributed by atoms with Gasteiger partial charge in [-0.2, -0.15) is 5.26 Å². The Balaban J connectivity index is 2.32. The molecule has 0 radical (unpaired) electrons. The van der Waals surface area contributed by atoms with Gasteiger partial charge in [0.15, 0.2) is 0 Å². The van der Waals surface area contributed by atoms with Gasteiger partial charge >= 0.3 is 5.97 Å². The average Bonchev–Trinajstić information content (AvgIpc) is 2.35. The summed E-state index contributed by atoms with van der Waals surface area (Å²) >= 11 is 0. The standard InChI is InChI=1S/C12H15N3O2/c1-2-17-12(16)5-7-14-9-10-4-3-6-15-11(10)8-13/h3-4,6,14H,2,5,7,9H2,1H3. The summed E-state index contributed by atoms with van der Waals surface area (Å²) in [6, 6.07) is 5.64. The lowest BCUT2D eigenvalue weighted by atomic mass is 10.2. The van der Waals surface area contributed by atoms with Crippen LogP contribution in [-0.4, -0.2) is 24.1 Å². The van der Waals surface area contributed by atoms with Crippen LogP contribution in [0.25, 0.3) is 0 Å². The lowest BCUT2D eigenvalue weighted by Crippen LogP contribution is -2.19. The van der Waals surface area contributed by atoms with Gasteiger partial charge in [0.25, 0.3) is 0 Å².